The molecule has 142 valence electrons. The summed E-state index contributed by atoms with van der Waals surface area (Å²) in [6, 6.07) is 0. The maximum Gasteiger partial charge on any atom is 0.407 e. The molecule has 0 aliphatic heterocycles. The van der Waals surface area contributed by atoms with Gasteiger partial charge in [0.25, 0.3) is 5.92 Å². The first-order chi connectivity index (χ1) is 11.0. The van der Waals surface area contributed by atoms with E-state index < -0.39 is 5.92 Å². The Hall–Kier alpha value is -1.20. The Bertz CT molecular complexity index is 405. The topological polar surface area (TPSA) is 55.4 Å². The van der Waals surface area contributed by atoms with Gasteiger partial charge < -0.3 is 10.1 Å². The van der Waals surface area contributed by atoms with Gasteiger partial charge in [0.2, 0.25) is 0 Å². The lowest BCUT2D eigenvalue weighted by Crippen LogP contribution is -2.30. The van der Waals surface area contributed by atoms with E-state index in [-0.39, 0.29) is 35.2 Å². The Morgan fingerprint density at radius 3 is 1.92 bits per heavy atom. The molecule has 2 atom stereocenters. The number of fused-ring (bicyclic) bond motifs is 1. The minimum atomic E-state index is -2.38. The van der Waals surface area contributed by atoms with Gasteiger partial charge in [0, 0.05) is 31.7 Å². The van der Waals surface area contributed by atoms with E-state index >= 15 is 0 Å². The molecule has 0 bridgehead atoms. The lowest BCUT2D eigenvalue weighted by atomic mass is 9.96. The van der Waals surface area contributed by atoms with Crippen molar-refractivity contribution < 1.29 is 23.1 Å². The maximum absolute atomic E-state index is 12.7. The van der Waals surface area contributed by atoms with Crippen molar-refractivity contribution in [2.45, 2.75) is 78.7 Å². The summed E-state index contributed by atoms with van der Waals surface area (Å²) >= 11 is 0. The number of halogens is 2. The number of carbonyl (C=O) groups is 2. The molecule has 1 amide bonds. The SMILES string of the molecule is CC.CCC(=O)CC1CC2C(C1)C2(F)F.CNC(=O)OC(C)(C)C. The molecule has 4 nitrogen and oxygen atoms in total. The fourth-order valence-corrected chi connectivity index (χ4v) is 2.88. The maximum atomic E-state index is 12.7. The molecule has 0 heterocycles. The summed E-state index contributed by atoms with van der Waals surface area (Å²) < 4.78 is 30.3. The van der Waals surface area contributed by atoms with Gasteiger partial charge in [-0.25, -0.2) is 13.6 Å². The minimum absolute atomic E-state index is 0.217. The van der Waals surface area contributed by atoms with Crippen LogP contribution < -0.4 is 5.32 Å². The van der Waals surface area contributed by atoms with Crippen LogP contribution in [0.15, 0.2) is 0 Å². The van der Waals surface area contributed by atoms with Crippen LogP contribution in [0, 0.1) is 17.8 Å². The number of alkyl halides is 2. The van der Waals surface area contributed by atoms with E-state index in [1.165, 1.54) is 7.05 Å². The summed E-state index contributed by atoms with van der Waals surface area (Å²) in [6.45, 7) is 11.3. The first-order valence-corrected chi connectivity index (χ1v) is 8.81. The Labute approximate surface area is 144 Å². The number of amides is 1. The lowest BCUT2D eigenvalue weighted by molar-refractivity contribution is -0.119. The van der Waals surface area contributed by atoms with Crippen molar-refractivity contribution in [2.75, 3.05) is 7.05 Å². The third kappa shape index (κ3) is 7.14. The van der Waals surface area contributed by atoms with Crippen molar-refractivity contribution in [2.24, 2.45) is 17.8 Å². The molecule has 6 heteroatoms. The van der Waals surface area contributed by atoms with Gasteiger partial charge in [0.05, 0.1) is 0 Å². The van der Waals surface area contributed by atoms with Crippen LogP contribution in [0.2, 0.25) is 0 Å². The van der Waals surface area contributed by atoms with Gasteiger partial charge >= 0.3 is 6.09 Å². The number of carbonyl (C=O) groups excluding carboxylic acids is 2. The van der Waals surface area contributed by atoms with Gasteiger partial charge in [0.15, 0.2) is 0 Å². The molecular weight excluding hydrogens is 316 g/mol. The zero-order chi connectivity index (χ0) is 19.1. The molecular formula is C18H33F2NO3. The van der Waals surface area contributed by atoms with Crippen LogP contribution in [0.5, 0.6) is 0 Å². The number of rotatable bonds is 3. The predicted octanol–water partition coefficient (Wildman–Crippen LogP) is 4.81. The second kappa shape index (κ2) is 9.33. The third-order valence-corrected chi connectivity index (χ3v) is 4.05. The molecule has 2 saturated carbocycles. The Morgan fingerprint density at radius 2 is 1.62 bits per heavy atom. The highest BCUT2D eigenvalue weighted by atomic mass is 19.3. The molecule has 0 aromatic heterocycles. The standard InChI is InChI=1S/C10H14F2O.C6H13NO2.C2H6/c1-2-7(13)3-6-4-8-9(5-6)10(8,11)12;1-6(2,3)9-5(8)7-4;1-2/h6,8-9H,2-5H2,1H3;1-4H3,(H,7,8);1-2H3. The Balaban J connectivity index is 0.000000426. The number of hydrogen-bond donors (Lipinski definition) is 1. The van der Waals surface area contributed by atoms with Crippen LogP contribution in [-0.4, -0.2) is 30.4 Å². The van der Waals surface area contributed by atoms with Crippen molar-refractivity contribution in [1.82, 2.24) is 5.32 Å². The molecule has 0 aromatic rings. The second-order valence-electron chi connectivity index (χ2n) is 7.07. The predicted molar refractivity (Wildman–Crippen MR) is 91.2 cm³/mol. The molecule has 0 radical (unpaired) electrons. The molecule has 24 heavy (non-hydrogen) atoms. The molecule has 0 saturated heterocycles. The minimum Gasteiger partial charge on any atom is -0.444 e. The highest BCUT2D eigenvalue weighted by Gasteiger charge is 2.71. The average Bonchev–Trinajstić information content (AvgIpc) is 2.85. The fourth-order valence-electron chi connectivity index (χ4n) is 2.88. The van der Waals surface area contributed by atoms with Crippen molar-refractivity contribution >= 4 is 11.9 Å². The number of ether oxygens (including phenoxy) is 1. The van der Waals surface area contributed by atoms with Gasteiger partial charge in [-0.3, -0.25) is 4.79 Å². The quantitative estimate of drug-likeness (QED) is 0.795. The number of nitrogens with one attached hydrogen (secondary N) is 1. The van der Waals surface area contributed by atoms with Crippen LogP contribution in [0.1, 0.15) is 67.2 Å². The molecule has 0 spiro atoms. The van der Waals surface area contributed by atoms with Crippen molar-refractivity contribution in [3.8, 4) is 0 Å². The summed E-state index contributed by atoms with van der Waals surface area (Å²) in [4.78, 5) is 21.6. The van der Waals surface area contributed by atoms with E-state index in [2.05, 4.69) is 5.32 Å². The first kappa shape index (κ1) is 22.8. The van der Waals surface area contributed by atoms with E-state index in [9.17, 15) is 18.4 Å². The van der Waals surface area contributed by atoms with Gasteiger partial charge in [0.1, 0.15) is 11.4 Å². The second-order valence-corrected chi connectivity index (χ2v) is 7.07. The molecule has 0 aromatic carbocycles. The summed E-state index contributed by atoms with van der Waals surface area (Å²) in [5, 5.41) is 2.36. The van der Waals surface area contributed by atoms with E-state index in [1.807, 2.05) is 41.5 Å². The van der Waals surface area contributed by atoms with Crippen molar-refractivity contribution in [3.05, 3.63) is 0 Å². The summed E-state index contributed by atoms with van der Waals surface area (Å²) in [5.41, 5.74) is -0.389. The van der Waals surface area contributed by atoms with Crippen LogP contribution in [0.3, 0.4) is 0 Å². The normalized spacial score (nSPS) is 26.0. The average molecular weight is 349 g/mol. The van der Waals surface area contributed by atoms with Crippen LogP contribution in [0.4, 0.5) is 13.6 Å². The van der Waals surface area contributed by atoms with Crippen molar-refractivity contribution in [3.63, 3.8) is 0 Å². The third-order valence-electron chi connectivity index (χ3n) is 4.05. The zero-order valence-electron chi connectivity index (χ0n) is 16.0. The highest BCUT2D eigenvalue weighted by Crippen LogP contribution is 2.66. The molecule has 2 unspecified atom stereocenters. The summed E-state index contributed by atoms with van der Waals surface area (Å²) in [6.07, 6.45) is 1.83. The number of hydrogen-bond acceptors (Lipinski definition) is 3. The van der Waals surface area contributed by atoms with Crippen LogP contribution >= 0.6 is 0 Å². The van der Waals surface area contributed by atoms with Gasteiger partial charge in [-0.2, -0.15) is 0 Å². The molecule has 2 rings (SSSR count). The number of alkyl carbamates (subject to hydrolysis) is 1. The summed E-state index contributed by atoms with van der Waals surface area (Å²) in [7, 11) is 1.54. The van der Waals surface area contributed by atoms with E-state index in [4.69, 9.17) is 4.74 Å². The van der Waals surface area contributed by atoms with E-state index in [0.717, 1.165) is 0 Å². The fraction of sp³-hybridized carbons (Fsp3) is 0.889. The van der Waals surface area contributed by atoms with Crippen molar-refractivity contribution in [1.29, 1.82) is 0 Å². The zero-order valence-corrected chi connectivity index (χ0v) is 16.0. The molecule has 1 N–H and O–H groups in total. The van der Waals surface area contributed by atoms with Crippen LogP contribution in [-0.2, 0) is 9.53 Å². The Kier molecular flexibility index (Phi) is 8.86. The van der Waals surface area contributed by atoms with Gasteiger partial charge in [-0.05, 0) is 39.5 Å². The number of ketones is 1. The molecule has 2 fully saturated rings. The first-order valence-electron chi connectivity index (χ1n) is 8.81. The smallest absolute Gasteiger partial charge is 0.407 e. The largest absolute Gasteiger partial charge is 0.444 e. The lowest BCUT2D eigenvalue weighted by Gasteiger charge is -2.18. The van der Waals surface area contributed by atoms with E-state index in [1.54, 1.807) is 0 Å². The molecule has 2 aliphatic carbocycles. The number of Topliss-reactive ketones (excluding diaryl/α,β-unsaturated/α-hetero) is 1. The van der Waals surface area contributed by atoms with Gasteiger partial charge in [-0.1, -0.05) is 20.8 Å². The van der Waals surface area contributed by atoms with E-state index in [0.29, 0.717) is 25.7 Å². The Morgan fingerprint density at radius 1 is 1.17 bits per heavy atom. The monoisotopic (exact) mass is 349 g/mol. The highest BCUT2D eigenvalue weighted by molar-refractivity contribution is 5.78. The van der Waals surface area contributed by atoms with Crippen LogP contribution in [0.25, 0.3) is 0 Å². The summed E-state index contributed by atoms with van der Waals surface area (Å²) in [5.74, 6) is -2.69. The molecule has 2 aliphatic rings. The van der Waals surface area contributed by atoms with Gasteiger partial charge in [-0.15, -0.1) is 0 Å².